The third-order valence-electron chi connectivity index (χ3n) is 2.57. The lowest BCUT2D eigenvalue weighted by Crippen LogP contribution is -2.20. The molecular weight excluding hydrogens is 240 g/mol. The highest BCUT2D eigenvalue weighted by Crippen LogP contribution is 1.95. The van der Waals surface area contributed by atoms with Crippen molar-refractivity contribution in [3.63, 3.8) is 0 Å². The molecule has 0 aliphatic carbocycles. The van der Waals surface area contributed by atoms with Gasteiger partial charge in [0, 0.05) is 12.3 Å². The van der Waals surface area contributed by atoms with Gasteiger partial charge in [0.1, 0.15) is 22.0 Å². The van der Waals surface area contributed by atoms with E-state index in [1.807, 2.05) is 11.5 Å². The summed E-state index contributed by atoms with van der Waals surface area (Å²) in [4.78, 5) is 0. The number of nitrogens with one attached hydrogen (secondary N) is 1. The Kier molecular flexibility index (Phi) is 5.57. The van der Waals surface area contributed by atoms with Gasteiger partial charge in [-0.2, -0.15) is 0 Å². The molecule has 0 atom stereocenters. The first-order valence-corrected chi connectivity index (χ1v) is 7.69. The van der Waals surface area contributed by atoms with E-state index in [0.717, 1.165) is 12.4 Å². The molecule has 17 heavy (non-hydrogen) atoms. The maximum absolute atomic E-state index is 11.2. The molecule has 6 nitrogen and oxygen atoms in total. The van der Waals surface area contributed by atoms with E-state index in [0.29, 0.717) is 19.5 Å². The van der Waals surface area contributed by atoms with Crippen molar-refractivity contribution in [2.24, 2.45) is 0 Å². The van der Waals surface area contributed by atoms with Crippen LogP contribution in [0.2, 0.25) is 0 Å². The lowest BCUT2D eigenvalue weighted by molar-refractivity contribution is 0.583. The molecule has 0 aromatic carbocycles. The van der Waals surface area contributed by atoms with Crippen molar-refractivity contribution in [1.29, 1.82) is 0 Å². The zero-order chi connectivity index (χ0) is 12.7. The molecule has 0 aliphatic heterocycles. The van der Waals surface area contributed by atoms with Gasteiger partial charge in [-0.05, 0) is 19.9 Å². The topological polar surface area (TPSA) is 76.9 Å². The molecule has 1 aromatic rings. The summed E-state index contributed by atoms with van der Waals surface area (Å²) < 4.78 is 24.4. The number of rotatable bonds is 8. The molecule has 1 N–H and O–H groups in total. The number of sulfone groups is 1. The van der Waals surface area contributed by atoms with Gasteiger partial charge in [0.25, 0.3) is 0 Å². The number of aryl methyl sites for hydroxylation is 1. The molecule has 0 saturated carbocycles. The maximum atomic E-state index is 11.2. The van der Waals surface area contributed by atoms with E-state index in [9.17, 15) is 8.42 Å². The van der Waals surface area contributed by atoms with Gasteiger partial charge < -0.3 is 9.88 Å². The second kappa shape index (κ2) is 6.70. The van der Waals surface area contributed by atoms with Crippen LogP contribution in [0.25, 0.3) is 0 Å². The van der Waals surface area contributed by atoms with Gasteiger partial charge >= 0.3 is 0 Å². The summed E-state index contributed by atoms with van der Waals surface area (Å²) in [6, 6.07) is 0. The molecule has 0 bridgehead atoms. The average Bonchev–Trinajstić information content (AvgIpc) is 2.76. The van der Waals surface area contributed by atoms with Gasteiger partial charge in [-0.15, -0.1) is 10.2 Å². The van der Waals surface area contributed by atoms with Crippen molar-refractivity contribution in [2.45, 2.75) is 33.4 Å². The minimum atomic E-state index is -2.84. The minimum absolute atomic E-state index is 0.219. The summed E-state index contributed by atoms with van der Waals surface area (Å²) in [6.45, 7) is 5.84. The summed E-state index contributed by atoms with van der Waals surface area (Å²) >= 11 is 0. The molecule has 1 aromatic heterocycles. The number of aromatic nitrogens is 3. The molecule has 0 aliphatic rings. The van der Waals surface area contributed by atoms with Crippen molar-refractivity contribution in [3.05, 3.63) is 12.2 Å². The van der Waals surface area contributed by atoms with E-state index in [1.54, 1.807) is 13.3 Å². The van der Waals surface area contributed by atoms with Gasteiger partial charge in [-0.1, -0.05) is 6.92 Å². The second-order valence-corrected chi connectivity index (χ2v) is 6.27. The Morgan fingerprint density at radius 3 is 2.82 bits per heavy atom. The fourth-order valence-electron chi connectivity index (χ4n) is 1.44. The van der Waals surface area contributed by atoms with Crippen LogP contribution in [0.15, 0.2) is 6.33 Å². The Labute approximate surface area is 102 Å². The van der Waals surface area contributed by atoms with Crippen LogP contribution in [0.1, 0.15) is 26.1 Å². The quantitative estimate of drug-likeness (QED) is 0.676. The van der Waals surface area contributed by atoms with Crippen LogP contribution in [0.3, 0.4) is 0 Å². The van der Waals surface area contributed by atoms with Crippen molar-refractivity contribution in [3.8, 4) is 0 Å². The Balaban J connectivity index is 2.21. The predicted octanol–water partition coefficient (Wildman–Crippen LogP) is 0.212. The minimum Gasteiger partial charge on any atom is -0.317 e. The highest BCUT2D eigenvalue weighted by Gasteiger charge is 2.06. The average molecular weight is 260 g/mol. The van der Waals surface area contributed by atoms with Crippen LogP contribution < -0.4 is 5.32 Å². The first kappa shape index (κ1) is 14.1. The molecule has 0 spiro atoms. The van der Waals surface area contributed by atoms with Crippen molar-refractivity contribution < 1.29 is 8.42 Å². The van der Waals surface area contributed by atoms with Crippen LogP contribution in [-0.4, -0.2) is 41.2 Å². The van der Waals surface area contributed by atoms with E-state index in [4.69, 9.17) is 0 Å². The third kappa shape index (κ3) is 4.82. The molecule has 0 unspecified atom stereocenters. The first-order valence-electron chi connectivity index (χ1n) is 5.87. The Hall–Kier alpha value is -0.950. The van der Waals surface area contributed by atoms with Gasteiger partial charge in [0.05, 0.1) is 12.3 Å². The van der Waals surface area contributed by atoms with Crippen molar-refractivity contribution in [2.75, 3.05) is 18.1 Å². The molecule has 1 heterocycles. The fourth-order valence-corrected chi connectivity index (χ4v) is 2.31. The largest absolute Gasteiger partial charge is 0.317 e. The number of nitrogens with zero attached hydrogens (tertiary/aromatic N) is 3. The lowest BCUT2D eigenvalue weighted by atomic mass is 10.4. The zero-order valence-electron chi connectivity index (χ0n) is 10.4. The van der Waals surface area contributed by atoms with E-state index < -0.39 is 9.84 Å². The van der Waals surface area contributed by atoms with E-state index in [2.05, 4.69) is 15.5 Å². The molecule has 1 rings (SSSR count). The Morgan fingerprint density at radius 1 is 1.41 bits per heavy atom. The smallest absolute Gasteiger partial charge is 0.150 e. The van der Waals surface area contributed by atoms with Gasteiger partial charge in [0.2, 0.25) is 0 Å². The molecule has 0 amide bonds. The summed E-state index contributed by atoms with van der Waals surface area (Å²) in [5.41, 5.74) is 0. The van der Waals surface area contributed by atoms with Crippen LogP contribution in [0.4, 0.5) is 0 Å². The van der Waals surface area contributed by atoms with Crippen LogP contribution in [-0.2, 0) is 22.9 Å². The normalized spacial score (nSPS) is 11.9. The molecule has 0 saturated heterocycles. The number of hydrogen-bond donors (Lipinski definition) is 1. The maximum Gasteiger partial charge on any atom is 0.150 e. The van der Waals surface area contributed by atoms with E-state index in [-0.39, 0.29) is 11.5 Å². The predicted molar refractivity (Wildman–Crippen MR) is 66.3 cm³/mol. The third-order valence-corrected chi connectivity index (χ3v) is 4.36. The van der Waals surface area contributed by atoms with Crippen molar-refractivity contribution in [1.82, 2.24) is 20.1 Å². The fraction of sp³-hybridized carbons (Fsp3) is 0.800. The Bertz CT molecular complexity index is 427. The zero-order valence-corrected chi connectivity index (χ0v) is 11.2. The van der Waals surface area contributed by atoms with E-state index in [1.165, 1.54) is 0 Å². The van der Waals surface area contributed by atoms with Gasteiger partial charge in [-0.25, -0.2) is 8.42 Å². The van der Waals surface area contributed by atoms with Gasteiger partial charge in [0.15, 0.2) is 0 Å². The SMILES string of the molecule is CCn1cnnc1CNCCCS(=O)(=O)CC. The molecule has 0 fully saturated rings. The monoisotopic (exact) mass is 260 g/mol. The molecule has 98 valence electrons. The Morgan fingerprint density at radius 2 is 2.18 bits per heavy atom. The molecule has 7 heteroatoms. The number of hydrogen-bond acceptors (Lipinski definition) is 5. The molecule has 0 radical (unpaired) electrons. The first-order chi connectivity index (χ1) is 8.09. The van der Waals surface area contributed by atoms with Crippen LogP contribution >= 0.6 is 0 Å². The van der Waals surface area contributed by atoms with Crippen LogP contribution in [0.5, 0.6) is 0 Å². The van der Waals surface area contributed by atoms with Crippen molar-refractivity contribution >= 4 is 9.84 Å². The van der Waals surface area contributed by atoms with Gasteiger partial charge in [-0.3, -0.25) is 0 Å². The summed E-state index contributed by atoms with van der Waals surface area (Å²) in [7, 11) is -2.84. The molecular formula is C10H20N4O2S. The second-order valence-electron chi connectivity index (χ2n) is 3.80. The summed E-state index contributed by atoms with van der Waals surface area (Å²) in [5, 5.41) is 11.0. The highest BCUT2D eigenvalue weighted by molar-refractivity contribution is 7.91. The standard InChI is InChI=1S/C10H20N4O2S/c1-3-14-9-12-13-10(14)8-11-6-5-7-17(15,16)4-2/h9,11H,3-8H2,1-2H3. The van der Waals surface area contributed by atoms with Crippen LogP contribution in [0, 0.1) is 0 Å². The lowest BCUT2D eigenvalue weighted by Gasteiger charge is -2.05. The highest BCUT2D eigenvalue weighted by atomic mass is 32.2. The van der Waals surface area contributed by atoms with E-state index >= 15 is 0 Å². The summed E-state index contributed by atoms with van der Waals surface area (Å²) in [6.07, 6.45) is 2.33. The summed E-state index contributed by atoms with van der Waals surface area (Å²) in [5.74, 6) is 1.35.